The Bertz CT molecular complexity index is 866. The second-order valence-electron chi connectivity index (χ2n) is 4.54. The van der Waals surface area contributed by atoms with E-state index >= 15 is 0 Å². The van der Waals surface area contributed by atoms with E-state index in [1.807, 2.05) is 0 Å². The van der Waals surface area contributed by atoms with Gasteiger partial charge in [-0.3, -0.25) is 9.98 Å². The molecule has 0 saturated carbocycles. The van der Waals surface area contributed by atoms with E-state index in [1.54, 1.807) is 0 Å². The van der Waals surface area contributed by atoms with Crippen molar-refractivity contribution in [3.8, 4) is 0 Å². The molecule has 1 heterocycles. The van der Waals surface area contributed by atoms with Crippen molar-refractivity contribution in [2.45, 2.75) is 6.18 Å². The van der Waals surface area contributed by atoms with E-state index in [9.17, 15) is 27.2 Å². The molecule has 1 amide bonds. The van der Waals surface area contributed by atoms with Gasteiger partial charge < -0.3 is 5.32 Å². The molecule has 0 radical (unpaired) electrons. The molecule has 6 nitrogen and oxygen atoms in total. The third kappa shape index (κ3) is 3.30. The van der Waals surface area contributed by atoms with E-state index in [1.165, 1.54) is 0 Å². The van der Waals surface area contributed by atoms with Crippen LogP contribution in [0.3, 0.4) is 0 Å². The number of hydrogen-bond donors (Lipinski definition) is 2. The predicted molar refractivity (Wildman–Crippen MR) is 71.3 cm³/mol. The minimum Gasteiger partial charge on any atom is -0.307 e. The van der Waals surface area contributed by atoms with Gasteiger partial charge in [0.05, 0.1) is 11.8 Å². The molecule has 0 bridgehead atoms. The Morgan fingerprint density at radius 3 is 2.30 bits per heavy atom. The second-order valence-corrected chi connectivity index (χ2v) is 4.54. The Balaban J connectivity index is 2.30. The van der Waals surface area contributed by atoms with Gasteiger partial charge in [-0.15, -0.1) is 0 Å². The van der Waals surface area contributed by atoms with E-state index in [2.05, 4.69) is 5.32 Å². The first kappa shape index (κ1) is 16.5. The Morgan fingerprint density at radius 2 is 1.78 bits per heavy atom. The molecule has 0 atom stereocenters. The smallest absolute Gasteiger partial charge is 0.307 e. The van der Waals surface area contributed by atoms with Crippen LogP contribution in [0.2, 0.25) is 0 Å². The van der Waals surface area contributed by atoms with Gasteiger partial charge in [-0.2, -0.15) is 13.2 Å². The zero-order chi connectivity index (χ0) is 17.4. The summed E-state index contributed by atoms with van der Waals surface area (Å²) in [5, 5.41) is 9.43. The highest BCUT2D eigenvalue weighted by Crippen LogP contribution is 2.29. The van der Waals surface area contributed by atoms with Crippen LogP contribution in [0, 0.1) is 11.2 Å². The summed E-state index contributed by atoms with van der Waals surface area (Å²) in [6.07, 6.45) is -3.98. The maximum Gasteiger partial charge on any atom is 0.416 e. The Kier molecular flexibility index (Phi) is 4.08. The van der Waals surface area contributed by atoms with E-state index in [4.69, 9.17) is 5.41 Å². The quantitative estimate of drug-likeness (QED) is 0.783. The first-order valence-corrected chi connectivity index (χ1v) is 6.12. The molecule has 1 aromatic heterocycles. The lowest BCUT2D eigenvalue weighted by Gasteiger charge is -2.10. The van der Waals surface area contributed by atoms with Crippen LogP contribution in [0.5, 0.6) is 0 Å². The van der Waals surface area contributed by atoms with Crippen molar-refractivity contribution >= 4 is 11.7 Å². The molecule has 0 aliphatic heterocycles. The minimum atomic E-state index is -4.51. The van der Waals surface area contributed by atoms with Crippen molar-refractivity contribution in [3.63, 3.8) is 0 Å². The van der Waals surface area contributed by atoms with Crippen molar-refractivity contribution in [2.75, 3.05) is 5.32 Å². The predicted octanol–water partition coefficient (Wildman–Crippen LogP) is 1.90. The summed E-state index contributed by atoms with van der Waals surface area (Å²) in [7, 11) is 1.11. The van der Waals surface area contributed by atoms with Gasteiger partial charge in [0.1, 0.15) is 0 Å². The number of rotatable bonds is 1. The fourth-order valence-electron chi connectivity index (χ4n) is 1.72. The van der Waals surface area contributed by atoms with Gasteiger partial charge in [0.2, 0.25) is 0 Å². The normalized spacial score (nSPS) is 11.3. The summed E-state index contributed by atoms with van der Waals surface area (Å²) in [6.45, 7) is 0. The van der Waals surface area contributed by atoms with Crippen LogP contribution in [-0.4, -0.2) is 15.2 Å². The molecule has 10 heteroatoms. The van der Waals surface area contributed by atoms with Crippen LogP contribution in [-0.2, 0) is 13.2 Å². The second kappa shape index (κ2) is 5.71. The van der Waals surface area contributed by atoms with Gasteiger partial charge in [0, 0.05) is 12.7 Å². The number of halogens is 4. The average molecular weight is 330 g/mol. The topological polar surface area (TPSA) is 79.9 Å². The zero-order valence-corrected chi connectivity index (χ0v) is 11.6. The molecule has 0 spiro atoms. The van der Waals surface area contributed by atoms with Crippen LogP contribution in [0.15, 0.2) is 35.3 Å². The third-order valence-corrected chi connectivity index (χ3v) is 2.98. The number of benzene rings is 1. The van der Waals surface area contributed by atoms with Crippen molar-refractivity contribution in [1.29, 1.82) is 5.41 Å². The lowest BCUT2D eigenvalue weighted by Crippen LogP contribution is -2.43. The Morgan fingerprint density at radius 1 is 1.22 bits per heavy atom. The zero-order valence-electron chi connectivity index (χ0n) is 11.6. The van der Waals surface area contributed by atoms with Gasteiger partial charge in [-0.05, 0) is 24.3 Å². The molecular formula is C13H10F4N4O2. The Labute approximate surface area is 126 Å². The number of nitrogens with zero attached hydrogens (tertiary/aromatic N) is 2. The SMILES string of the molecule is Cn1c(=N)c(F)cn(C(=O)Nc2ccc(C(F)(F)F)cc2)c1=O. The van der Waals surface area contributed by atoms with E-state index in [0.29, 0.717) is 15.3 Å². The first-order chi connectivity index (χ1) is 10.6. The summed E-state index contributed by atoms with van der Waals surface area (Å²) in [4.78, 5) is 23.7. The maximum absolute atomic E-state index is 13.4. The highest BCUT2D eigenvalue weighted by atomic mass is 19.4. The molecule has 2 N–H and O–H groups in total. The number of hydrogen-bond acceptors (Lipinski definition) is 3. The largest absolute Gasteiger partial charge is 0.416 e. The van der Waals surface area contributed by atoms with Crippen molar-refractivity contribution in [2.24, 2.45) is 7.05 Å². The highest BCUT2D eigenvalue weighted by Gasteiger charge is 2.30. The molecule has 122 valence electrons. The number of anilines is 1. The van der Waals surface area contributed by atoms with Crippen LogP contribution < -0.4 is 16.5 Å². The number of nitrogens with one attached hydrogen (secondary N) is 2. The van der Waals surface area contributed by atoms with Crippen LogP contribution in [0.4, 0.5) is 28.0 Å². The van der Waals surface area contributed by atoms with Gasteiger partial charge >= 0.3 is 17.9 Å². The maximum atomic E-state index is 13.4. The molecule has 0 aliphatic carbocycles. The average Bonchev–Trinajstić information content (AvgIpc) is 2.48. The molecule has 0 saturated heterocycles. The van der Waals surface area contributed by atoms with Gasteiger partial charge in [0.15, 0.2) is 11.3 Å². The monoisotopic (exact) mass is 330 g/mol. The third-order valence-electron chi connectivity index (χ3n) is 2.98. The summed E-state index contributed by atoms with van der Waals surface area (Å²) < 4.78 is 51.7. The fourth-order valence-corrected chi connectivity index (χ4v) is 1.72. The van der Waals surface area contributed by atoms with Gasteiger partial charge in [-0.25, -0.2) is 18.5 Å². The number of alkyl halides is 3. The van der Waals surface area contributed by atoms with Crippen molar-refractivity contribution in [1.82, 2.24) is 9.13 Å². The van der Waals surface area contributed by atoms with Crippen LogP contribution in [0.1, 0.15) is 5.56 Å². The summed E-state index contributed by atoms with van der Waals surface area (Å²) in [5.41, 5.74) is -2.58. The Hall–Kier alpha value is -2.91. The van der Waals surface area contributed by atoms with Crippen LogP contribution >= 0.6 is 0 Å². The summed E-state index contributed by atoms with van der Waals surface area (Å²) in [6, 6.07) is 2.45. The van der Waals surface area contributed by atoms with Crippen molar-refractivity contribution in [3.05, 3.63) is 57.8 Å². The van der Waals surface area contributed by atoms with E-state index in [0.717, 1.165) is 31.3 Å². The molecule has 0 unspecified atom stereocenters. The lowest BCUT2D eigenvalue weighted by atomic mass is 10.2. The van der Waals surface area contributed by atoms with Gasteiger partial charge in [-0.1, -0.05) is 0 Å². The standard InChI is InChI=1S/C13H10F4N4O2/c1-20-10(18)9(14)6-21(12(20)23)11(22)19-8-4-2-7(3-5-8)13(15,16)17/h2-6,18H,1H3,(H,19,22). The fraction of sp³-hybridized carbons (Fsp3) is 0.154. The first-order valence-electron chi connectivity index (χ1n) is 6.12. The molecule has 2 rings (SSSR count). The van der Waals surface area contributed by atoms with E-state index in [-0.39, 0.29) is 5.69 Å². The highest BCUT2D eigenvalue weighted by molar-refractivity contribution is 5.90. The van der Waals surface area contributed by atoms with Gasteiger partial charge in [0.25, 0.3) is 0 Å². The number of carbonyl (C=O) groups excluding carboxylic acids is 1. The molecule has 2 aromatic rings. The lowest BCUT2D eigenvalue weighted by molar-refractivity contribution is -0.137. The number of amides is 1. The number of carbonyl (C=O) groups is 1. The van der Waals surface area contributed by atoms with Crippen LogP contribution in [0.25, 0.3) is 0 Å². The summed E-state index contributed by atoms with van der Waals surface area (Å²) >= 11 is 0. The molecule has 0 aliphatic rings. The summed E-state index contributed by atoms with van der Waals surface area (Å²) in [5.74, 6) is -1.10. The molecule has 23 heavy (non-hydrogen) atoms. The molecule has 0 fully saturated rings. The molecular weight excluding hydrogens is 320 g/mol. The van der Waals surface area contributed by atoms with Crippen molar-refractivity contribution < 1.29 is 22.4 Å². The minimum absolute atomic E-state index is 0.00656. The molecule has 1 aromatic carbocycles. The van der Waals surface area contributed by atoms with E-state index < -0.39 is 34.8 Å². The number of aromatic nitrogens is 2.